The van der Waals surface area contributed by atoms with Crippen molar-refractivity contribution >= 4 is 11.7 Å². The molecule has 0 radical (unpaired) electrons. The molecular weight excluding hydrogens is 520 g/mol. The molecule has 2 aromatic rings. The number of hydrogen-bond acceptors (Lipinski definition) is 10. The molecule has 1 N–H and O–H groups in total. The van der Waals surface area contributed by atoms with Crippen molar-refractivity contribution in [3.05, 3.63) is 33.4 Å². The Labute approximate surface area is 233 Å². The van der Waals surface area contributed by atoms with Crippen LogP contribution in [0.2, 0.25) is 0 Å². The van der Waals surface area contributed by atoms with Gasteiger partial charge in [-0.3, -0.25) is 14.5 Å². The van der Waals surface area contributed by atoms with Gasteiger partial charge >= 0.3 is 0 Å². The van der Waals surface area contributed by atoms with Gasteiger partial charge < -0.3 is 38.4 Å². The molecule has 1 fully saturated rings. The molecule has 4 atom stereocenters. The van der Waals surface area contributed by atoms with Crippen molar-refractivity contribution in [3.8, 4) is 34.5 Å². The smallest absolute Gasteiger partial charge is 0.241 e. The summed E-state index contributed by atoms with van der Waals surface area (Å²) in [5.41, 5.74) is 3.46. The number of methoxy groups -OCH3 is 6. The number of aliphatic hydroxyl groups excluding tert-OH is 1. The number of benzene rings is 2. The maximum absolute atomic E-state index is 14.7. The molecule has 0 unspecified atom stereocenters. The highest BCUT2D eigenvalue weighted by atomic mass is 16.5. The molecule has 11 heteroatoms. The lowest BCUT2D eigenvalue weighted by Crippen LogP contribution is -2.68. The van der Waals surface area contributed by atoms with Crippen LogP contribution in [-0.4, -0.2) is 95.0 Å². The van der Waals surface area contributed by atoms with E-state index in [-0.39, 0.29) is 23.0 Å². The summed E-state index contributed by atoms with van der Waals surface area (Å²) in [4.78, 5) is 32.4. The number of ether oxygens (including phenoxy) is 6. The maximum atomic E-state index is 14.7. The standard InChI is InChI=1S/C29H36N2O9/c1-12-23(35-4)14-10-15-29(34)31-16(11-32)18-19(24(36-5)13(2)26(38-7)28(18)40-9)22(33)21(31)20(30(15)3)17(14)27(39-8)25(12)37-6/h15-16,20-21,32H,10-11H2,1-9H3/t15-,16-,20+,21+/m0/s1. The first kappa shape index (κ1) is 27.9. The van der Waals surface area contributed by atoms with Gasteiger partial charge in [-0.2, -0.15) is 0 Å². The molecule has 3 aliphatic rings. The van der Waals surface area contributed by atoms with E-state index in [1.165, 1.54) is 26.2 Å². The summed E-state index contributed by atoms with van der Waals surface area (Å²) < 4.78 is 34.7. The van der Waals surface area contributed by atoms with Crippen molar-refractivity contribution in [2.75, 3.05) is 56.3 Å². The zero-order chi connectivity index (χ0) is 29.2. The van der Waals surface area contributed by atoms with Gasteiger partial charge in [0.05, 0.1) is 73.0 Å². The topological polar surface area (TPSA) is 116 Å². The van der Waals surface area contributed by atoms with Crippen LogP contribution >= 0.6 is 0 Å². The minimum absolute atomic E-state index is 0.259. The second-order valence-electron chi connectivity index (χ2n) is 10.2. The number of carbonyl (C=O) groups excluding carboxylic acids is 2. The van der Waals surface area contributed by atoms with Gasteiger partial charge in [-0.1, -0.05) is 0 Å². The number of piperazine rings is 1. The van der Waals surface area contributed by atoms with E-state index in [4.69, 9.17) is 28.4 Å². The number of nitrogens with zero attached hydrogens (tertiary/aromatic N) is 2. The van der Waals surface area contributed by atoms with Crippen LogP contribution in [0.15, 0.2) is 0 Å². The van der Waals surface area contributed by atoms with Gasteiger partial charge in [-0.25, -0.2) is 0 Å². The number of carbonyl (C=O) groups is 2. The predicted molar refractivity (Wildman–Crippen MR) is 144 cm³/mol. The van der Waals surface area contributed by atoms with Crippen LogP contribution in [0.1, 0.15) is 50.3 Å². The lowest BCUT2D eigenvalue weighted by molar-refractivity contribution is -0.155. The van der Waals surface area contributed by atoms with Gasteiger partial charge in [0.1, 0.15) is 17.5 Å². The first-order chi connectivity index (χ1) is 19.2. The van der Waals surface area contributed by atoms with Gasteiger partial charge in [0, 0.05) is 34.2 Å². The molecule has 3 aliphatic heterocycles. The molecule has 0 spiro atoms. The summed E-state index contributed by atoms with van der Waals surface area (Å²) in [7, 11) is 11.0. The molecule has 1 saturated heterocycles. The van der Waals surface area contributed by atoms with Crippen molar-refractivity contribution < 1.29 is 43.1 Å². The molecule has 0 aromatic heterocycles. The maximum Gasteiger partial charge on any atom is 0.241 e. The van der Waals surface area contributed by atoms with Crippen LogP contribution in [-0.2, 0) is 11.2 Å². The van der Waals surface area contributed by atoms with Crippen LogP contribution in [0.4, 0.5) is 0 Å². The highest BCUT2D eigenvalue weighted by molar-refractivity contribution is 6.10. The largest absolute Gasteiger partial charge is 0.496 e. The Balaban J connectivity index is 1.88. The SMILES string of the molecule is COc1c(C)c(OC)c(OC)c2c1C[C@H]1C(=O)N3[C@@H](CO)c4c(OC)c(OC)c(C)c(OC)c4C(=O)[C@H]3[C@@H]2N1C. The summed E-state index contributed by atoms with van der Waals surface area (Å²) in [6.45, 7) is 3.21. The first-order valence-electron chi connectivity index (χ1n) is 13.0. The summed E-state index contributed by atoms with van der Waals surface area (Å²) >= 11 is 0. The molecule has 40 heavy (non-hydrogen) atoms. The van der Waals surface area contributed by atoms with Gasteiger partial charge in [-0.05, 0) is 20.9 Å². The number of ketones is 1. The lowest BCUT2D eigenvalue weighted by Gasteiger charge is -2.56. The Bertz CT molecular complexity index is 1410. The molecule has 3 heterocycles. The van der Waals surface area contributed by atoms with E-state index in [9.17, 15) is 14.7 Å². The molecule has 1 amide bonds. The number of aliphatic hydroxyl groups is 1. The Morgan fingerprint density at radius 3 is 1.73 bits per heavy atom. The van der Waals surface area contributed by atoms with Crippen LogP contribution in [0, 0.1) is 13.8 Å². The second-order valence-corrected chi connectivity index (χ2v) is 10.2. The highest BCUT2D eigenvalue weighted by Gasteiger charge is 2.59. The number of amides is 1. The van der Waals surface area contributed by atoms with E-state index < -0.39 is 30.8 Å². The van der Waals surface area contributed by atoms with E-state index in [2.05, 4.69) is 0 Å². The molecular formula is C29H36N2O9. The Morgan fingerprint density at radius 2 is 1.23 bits per heavy atom. The van der Waals surface area contributed by atoms with E-state index in [1.807, 2.05) is 18.9 Å². The molecule has 2 aromatic carbocycles. The van der Waals surface area contributed by atoms with Crippen LogP contribution in [0.3, 0.4) is 0 Å². The van der Waals surface area contributed by atoms with Crippen molar-refractivity contribution in [3.63, 3.8) is 0 Å². The van der Waals surface area contributed by atoms with E-state index in [0.29, 0.717) is 51.9 Å². The number of rotatable bonds is 7. The monoisotopic (exact) mass is 556 g/mol. The van der Waals surface area contributed by atoms with E-state index in [1.54, 1.807) is 28.3 Å². The fourth-order valence-electron chi connectivity index (χ4n) is 7.13. The fourth-order valence-corrected chi connectivity index (χ4v) is 7.13. The third kappa shape index (κ3) is 3.37. The number of fused-ring (bicyclic) bond motifs is 7. The quantitative estimate of drug-likeness (QED) is 0.545. The zero-order valence-corrected chi connectivity index (χ0v) is 24.3. The minimum Gasteiger partial charge on any atom is -0.496 e. The van der Waals surface area contributed by atoms with Crippen molar-refractivity contribution in [1.29, 1.82) is 0 Å². The molecule has 11 nitrogen and oxygen atoms in total. The van der Waals surface area contributed by atoms with Crippen molar-refractivity contribution in [1.82, 2.24) is 9.80 Å². The number of Topliss-reactive ketones (excluding diaryl/α,β-unsaturated/α-hetero) is 1. The van der Waals surface area contributed by atoms with Crippen molar-refractivity contribution in [2.24, 2.45) is 0 Å². The van der Waals surface area contributed by atoms with Crippen LogP contribution < -0.4 is 28.4 Å². The Kier molecular flexibility index (Phi) is 6.99. The molecule has 2 bridgehead atoms. The molecule has 0 saturated carbocycles. The average molecular weight is 557 g/mol. The summed E-state index contributed by atoms with van der Waals surface area (Å²) in [6, 6.07) is -3.12. The first-order valence-corrected chi connectivity index (χ1v) is 13.0. The van der Waals surface area contributed by atoms with E-state index in [0.717, 1.165) is 11.1 Å². The normalized spacial score (nSPS) is 23.2. The lowest BCUT2D eigenvalue weighted by atomic mass is 9.72. The third-order valence-corrected chi connectivity index (χ3v) is 8.70. The zero-order valence-electron chi connectivity index (χ0n) is 24.3. The summed E-state index contributed by atoms with van der Waals surface area (Å²) in [6.07, 6.45) is 0.325. The van der Waals surface area contributed by atoms with Crippen molar-refractivity contribution in [2.45, 2.75) is 44.4 Å². The minimum atomic E-state index is -1.00. The third-order valence-electron chi connectivity index (χ3n) is 8.70. The second kappa shape index (κ2) is 10.0. The predicted octanol–water partition coefficient (Wildman–Crippen LogP) is 2.39. The number of likely N-dealkylation sites (N-methyl/N-ethyl adjacent to an activating group) is 1. The molecule has 216 valence electrons. The average Bonchev–Trinajstić information content (AvgIpc) is 2.95. The highest BCUT2D eigenvalue weighted by Crippen LogP contribution is 2.58. The molecule has 5 rings (SSSR count). The Hall–Kier alpha value is -3.70. The van der Waals surface area contributed by atoms with Crippen LogP contribution in [0.5, 0.6) is 34.5 Å². The fraction of sp³-hybridized carbons (Fsp3) is 0.517. The summed E-state index contributed by atoms with van der Waals surface area (Å²) in [5, 5.41) is 10.8. The molecule has 0 aliphatic carbocycles. The van der Waals surface area contributed by atoms with Gasteiger partial charge in [-0.15, -0.1) is 0 Å². The van der Waals surface area contributed by atoms with Crippen LogP contribution in [0.25, 0.3) is 0 Å². The van der Waals surface area contributed by atoms with E-state index >= 15 is 0 Å². The summed E-state index contributed by atoms with van der Waals surface area (Å²) in [5.74, 6) is 1.94. The Morgan fingerprint density at radius 1 is 0.725 bits per heavy atom. The van der Waals surface area contributed by atoms with Gasteiger partial charge in [0.25, 0.3) is 0 Å². The number of hydrogen-bond donors (Lipinski definition) is 1. The van der Waals surface area contributed by atoms with Gasteiger partial charge in [0.2, 0.25) is 5.91 Å². The van der Waals surface area contributed by atoms with Gasteiger partial charge in [0.15, 0.2) is 28.8 Å².